The molecule has 0 atom stereocenters. The molecule has 1 heterocycles. The van der Waals surface area contributed by atoms with Crippen LogP contribution in [0.4, 0.5) is 13.2 Å². The number of carboxylic acid groups (broad SMARTS) is 1. The van der Waals surface area contributed by atoms with Gasteiger partial charge in [0, 0.05) is 45.2 Å². The molecule has 3 rings (SSSR count). The van der Waals surface area contributed by atoms with Gasteiger partial charge in [-0.1, -0.05) is 25.7 Å². The normalized spacial score (nSPS) is 17.5. The van der Waals surface area contributed by atoms with Crippen LogP contribution in [0, 0.1) is 0 Å². The molecule has 1 aliphatic heterocycles. The molecule has 0 spiro atoms. The van der Waals surface area contributed by atoms with Gasteiger partial charge in [-0.2, -0.15) is 17.5 Å². The minimum atomic E-state index is -5.08. The molecule has 2 fully saturated rings. The Hall–Kier alpha value is -2.38. The Morgan fingerprint density at radius 3 is 2.11 bits per heavy atom. The summed E-state index contributed by atoms with van der Waals surface area (Å²) in [5.41, 5.74) is 0. The molecule has 1 aromatic rings. The fourth-order valence-corrected chi connectivity index (χ4v) is 6.02. The fourth-order valence-electron chi connectivity index (χ4n) is 4.33. The number of carboxylic acids is 1. The summed E-state index contributed by atoms with van der Waals surface area (Å²) in [4.78, 5) is 23.7. The first-order valence-corrected chi connectivity index (χ1v) is 13.9. The van der Waals surface area contributed by atoms with Crippen LogP contribution in [0.1, 0.15) is 51.9 Å². The van der Waals surface area contributed by atoms with Crippen LogP contribution in [-0.2, 0) is 19.6 Å². The van der Waals surface area contributed by atoms with Crippen LogP contribution in [0.25, 0.3) is 0 Å². The number of nitrogens with zero attached hydrogens (tertiary/aromatic N) is 2. The van der Waals surface area contributed by atoms with Gasteiger partial charge in [-0.15, -0.1) is 0 Å². The zero-order valence-corrected chi connectivity index (χ0v) is 21.8. The number of piperazine rings is 1. The summed E-state index contributed by atoms with van der Waals surface area (Å²) in [5, 5.41) is 10.4. The predicted molar refractivity (Wildman–Crippen MR) is 131 cm³/mol. The summed E-state index contributed by atoms with van der Waals surface area (Å²) in [7, 11) is -3.68. The van der Waals surface area contributed by atoms with Crippen LogP contribution in [-0.4, -0.2) is 86.2 Å². The summed E-state index contributed by atoms with van der Waals surface area (Å²) in [6, 6.07) is 6.59. The van der Waals surface area contributed by atoms with Crippen molar-refractivity contribution in [3.8, 4) is 5.75 Å². The van der Waals surface area contributed by atoms with E-state index in [2.05, 4.69) is 5.32 Å². The van der Waals surface area contributed by atoms with Gasteiger partial charge in [-0.3, -0.25) is 4.79 Å². The predicted octanol–water partition coefficient (Wildman–Crippen LogP) is 3.25. The number of sulfonamides is 1. The quantitative estimate of drug-likeness (QED) is 0.477. The SMILES string of the molecule is CCOc1ccc(S(=O)(=O)N(CCC(=O)N2CCNCC2)C2CCCCCC2)cc1.O=C(O)C(F)(F)F. The maximum Gasteiger partial charge on any atom is 0.490 e. The molecule has 37 heavy (non-hydrogen) atoms. The summed E-state index contributed by atoms with van der Waals surface area (Å²) in [6.45, 7) is 5.64. The van der Waals surface area contributed by atoms with Crippen molar-refractivity contribution in [1.29, 1.82) is 0 Å². The monoisotopic (exact) mass is 551 g/mol. The molecule has 2 aliphatic rings. The minimum Gasteiger partial charge on any atom is -0.494 e. The Labute approximate surface area is 216 Å². The van der Waals surface area contributed by atoms with Gasteiger partial charge >= 0.3 is 12.1 Å². The van der Waals surface area contributed by atoms with Crippen molar-refractivity contribution in [3.63, 3.8) is 0 Å². The number of amides is 1. The molecule has 1 amide bonds. The molecule has 0 radical (unpaired) electrons. The number of hydrogen-bond acceptors (Lipinski definition) is 6. The van der Waals surface area contributed by atoms with Crippen LogP contribution in [0.3, 0.4) is 0 Å². The van der Waals surface area contributed by atoms with Gasteiger partial charge in [0.05, 0.1) is 11.5 Å². The van der Waals surface area contributed by atoms with Gasteiger partial charge in [0.15, 0.2) is 0 Å². The summed E-state index contributed by atoms with van der Waals surface area (Å²) in [5.74, 6) is -2.06. The third-order valence-corrected chi connectivity index (χ3v) is 8.20. The number of aliphatic carboxylic acids is 1. The number of alkyl halides is 3. The van der Waals surface area contributed by atoms with E-state index in [4.69, 9.17) is 14.6 Å². The standard InChI is InChI=1S/C22H35N3O4S.C2HF3O2/c1-2-29-20-9-11-21(12-10-20)30(27,28)25(19-7-5-3-4-6-8-19)16-13-22(26)24-17-14-23-15-18-24;3-2(4,5)1(6)7/h9-12,19,23H,2-8,13-18H2,1H3;(H,6,7). The molecule has 0 unspecified atom stereocenters. The van der Waals surface area contributed by atoms with E-state index in [0.717, 1.165) is 51.6 Å². The van der Waals surface area contributed by atoms with Crippen LogP contribution in [0.15, 0.2) is 29.2 Å². The Kier molecular flexibility index (Phi) is 12.1. The molecule has 1 saturated carbocycles. The maximum absolute atomic E-state index is 13.6. The highest BCUT2D eigenvalue weighted by atomic mass is 32.2. The molecule has 13 heteroatoms. The van der Waals surface area contributed by atoms with E-state index in [1.54, 1.807) is 28.6 Å². The molecule has 9 nitrogen and oxygen atoms in total. The van der Waals surface area contributed by atoms with Crippen molar-refractivity contribution in [2.24, 2.45) is 0 Å². The van der Waals surface area contributed by atoms with E-state index in [1.807, 2.05) is 11.8 Å². The zero-order valence-electron chi connectivity index (χ0n) is 21.0. The number of benzene rings is 1. The van der Waals surface area contributed by atoms with Crippen LogP contribution in [0.2, 0.25) is 0 Å². The number of carbonyl (C=O) groups is 2. The van der Waals surface area contributed by atoms with Crippen molar-refractivity contribution in [2.75, 3.05) is 39.3 Å². The van der Waals surface area contributed by atoms with Gasteiger partial charge in [0.1, 0.15) is 5.75 Å². The van der Waals surface area contributed by atoms with Crippen LogP contribution < -0.4 is 10.1 Å². The lowest BCUT2D eigenvalue weighted by atomic mass is 10.1. The molecule has 1 aliphatic carbocycles. The fraction of sp³-hybridized carbons (Fsp3) is 0.667. The smallest absolute Gasteiger partial charge is 0.490 e. The second-order valence-electron chi connectivity index (χ2n) is 8.85. The molecule has 0 aromatic heterocycles. The number of rotatable bonds is 8. The van der Waals surface area contributed by atoms with E-state index < -0.39 is 22.2 Å². The summed E-state index contributed by atoms with van der Waals surface area (Å²) >= 11 is 0. The summed E-state index contributed by atoms with van der Waals surface area (Å²) < 4.78 is 65.9. The first kappa shape index (κ1) is 30.8. The average molecular weight is 552 g/mol. The van der Waals surface area contributed by atoms with Crippen LogP contribution in [0.5, 0.6) is 5.75 Å². The molecule has 1 saturated heterocycles. The van der Waals surface area contributed by atoms with Crippen molar-refractivity contribution < 1.29 is 41.0 Å². The lowest BCUT2D eigenvalue weighted by molar-refractivity contribution is -0.192. The van der Waals surface area contributed by atoms with Crippen molar-refractivity contribution >= 4 is 21.9 Å². The zero-order chi connectivity index (χ0) is 27.5. The largest absolute Gasteiger partial charge is 0.494 e. The average Bonchev–Trinajstić information content (AvgIpc) is 3.14. The van der Waals surface area contributed by atoms with E-state index in [-0.39, 0.29) is 29.8 Å². The number of nitrogens with one attached hydrogen (secondary N) is 1. The Morgan fingerprint density at radius 1 is 1.08 bits per heavy atom. The van der Waals surface area contributed by atoms with Gasteiger partial charge in [0.25, 0.3) is 0 Å². The minimum absolute atomic E-state index is 0.0389. The molecular weight excluding hydrogens is 515 g/mol. The molecule has 1 aromatic carbocycles. The topological polar surface area (TPSA) is 116 Å². The Morgan fingerprint density at radius 2 is 1.62 bits per heavy atom. The van der Waals surface area contributed by atoms with Crippen molar-refractivity contribution in [2.45, 2.75) is 69.0 Å². The first-order valence-electron chi connectivity index (χ1n) is 12.5. The summed E-state index contributed by atoms with van der Waals surface area (Å²) in [6.07, 6.45) is 1.22. The third-order valence-electron chi connectivity index (χ3n) is 6.23. The van der Waals surface area contributed by atoms with Crippen molar-refractivity contribution in [1.82, 2.24) is 14.5 Å². The van der Waals surface area contributed by atoms with Gasteiger partial charge in [-0.25, -0.2) is 13.2 Å². The highest BCUT2D eigenvalue weighted by Gasteiger charge is 2.38. The third kappa shape index (κ3) is 9.78. The second-order valence-corrected chi connectivity index (χ2v) is 10.7. The number of carbonyl (C=O) groups excluding carboxylic acids is 1. The highest BCUT2D eigenvalue weighted by molar-refractivity contribution is 7.89. The maximum atomic E-state index is 13.6. The van der Waals surface area contributed by atoms with E-state index in [9.17, 15) is 26.4 Å². The molecular formula is C24H36F3N3O6S. The van der Waals surface area contributed by atoms with Gasteiger partial charge < -0.3 is 20.1 Å². The molecule has 0 bridgehead atoms. The lowest BCUT2D eigenvalue weighted by Crippen LogP contribution is -2.48. The van der Waals surface area contributed by atoms with Gasteiger partial charge in [-0.05, 0) is 44.0 Å². The van der Waals surface area contributed by atoms with Crippen LogP contribution >= 0.6 is 0 Å². The highest BCUT2D eigenvalue weighted by Crippen LogP contribution is 2.28. The Bertz CT molecular complexity index is 959. The number of ether oxygens (including phenoxy) is 1. The van der Waals surface area contributed by atoms with E-state index >= 15 is 0 Å². The number of hydrogen-bond donors (Lipinski definition) is 2. The molecule has 2 N–H and O–H groups in total. The van der Waals surface area contributed by atoms with Crippen molar-refractivity contribution in [3.05, 3.63) is 24.3 Å². The Balaban J connectivity index is 0.000000604. The first-order chi connectivity index (χ1) is 17.5. The van der Waals surface area contributed by atoms with E-state index in [1.165, 1.54) is 0 Å². The second kappa shape index (κ2) is 14.5. The van der Waals surface area contributed by atoms with E-state index in [0.29, 0.717) is 25.4 Å². The lowest BCUT2D eigenvalue weighted by Gasteiger charge is -2.32. The molecule has 210 valence electrons. The number of halogens is 3. The van der Waals surface area contributed by atoms with Gasteiger partial charge in [0.2, 0.25) is 15.9 Å².